The van der Waals surface area contributed by atoms with Crippen LogP contribution in [0.25, 0.3) is 0 Å². The molecule has 0 atom stereocenters. The van der Waals surface area contributed by atoms with E-state index in [4.69, 9.17) is 26.3 Å². The maximum absolute atomic E-state index is 11.8. The van der Waals surface area contributed by atoms with E-state index in [0.29, 0.717) is 35.9 Å². The Morgan fingerprint density at radius 3 is 2.61 bits per heavy atom. The Hall–Kier alpha value is -3.04. The monoisotopic (exact) mass is 400 g/mol. The summed E-state index contributed by atoms with van der Waals surface area (Å²) in [7, 11) is 0. The molecule has 1 N–H and O–H groups in total. The number of nitrogens with zero attached hydrogens (tertiary/aromatic N) is 1. The molecule has 0 radical (unpaired) electrons. The Kier molecular flexibility index (Phi) is 8.32. The first kappa shape index (κ1) is 21.3. The molecule has 0 aliphatic heterocycles. The minimum absolute atomic E-state index is 0.155. The number of carbonyl (C=O) groups excluding carboxylic acids is 2. The molecule has 28 heavy (non-hydrogen) atoms. The highest BCUT2D eigenvalue weighted by Gasteiger charge is 2.08. The molecule has 2 aromatic rings. The summed E-state index contributed by atoms with van der Waals surface area (Å²) in [6.07, 6.45) is 0.943. The van der Waals surface area contributed by atoms with E-state index >= 15 is 0 Å². The summed E-state index contributed by atoms with van der Waals surface area (Å²) in [5.41, 5.74) is 2.36. The SMILES string of the molecule is Cc1cc(OCCCC(=O)OCC(=O)Nc2ccc(CC#N)cc2)ccc1Cl. The van der Waals surface area contributed by atoms with E-state index in [1.54, 1.807) is 36.4 Å². The van der Waals surface area contributed by atoms with Gasteiger partial charge in [0, 0.05) is 17.1 Å². The maximum atomic E-state index is 11.8. The van der Waals surface area contributed by atoms with Gasteiger partial charge in [-0.25, -0.2) is 0 Å². The topological polar surface area (TPSA) is 88.4 Å². The molecule has 0 aliphatic carbocycles. The van der Waals surface area contributed by atoms with Crippen molar-refractivity contribution in [1.29, 1.82) is 5.26 Å². The van der Waals surface area contributed by atoms with E-state index in [1.165, 1.54) is 0 Å². The second-order valence-electron chi connectivity index (χ2n) is 6.10. The third-order valence-electron chi connectivity index (χ3n) is 3.81. The number of esters is 1. The lowest BCUT2D eigenvalue weighted by atomic mass is 10.1. The molecule has 2 aromatic carbocycles. The van der Waals surface area contributed by atoms with Crippen LogP contribution >= 0.6 is 11.6 Å². The molecular formula is C21H21ClN2O4. The van der Waals surface area contributed by atoms with Gasteiger partial charge in [-0.3, -0.25) is 9.59 Å². The third kappa shape index (κ3) is 7.29. The highest BCUT2D eigenvalue weighted by Crippen LogP contribution is 2.21. The maximum Gasteiger partial charge on any atom is 0.306 e. The Labute approximate surface area is 169 Å². The zero-order valence-electron chi connectivity index (χ0n) is 15.5. The molecule has 0 unspecified atom stereocenters. The zero-order chi connectivity index (χ0) is 20.4. The van der Waals surface area contributed by atoms with Crippen LogP contribution in [0.5, 0.6) is 5.75 Å². The van der Waals surface area contributed by atoms with Gasteiger partial charge in [0.1, 0.15) is 5.75 Å². The van der Waals surface area contributed by atoms with Crippen LogP contribution in [0.2, 0.25) is 5.02 Å². The summed E-state index contributed by atoms with van der Waals surface area (Å²) in [4.78, 5) is 23.5. The van der Waals surface area contributed by atoms with Crippen LogP contribution in [0.15, 0.2) is 42.5 Å². The summed E-state index contributed by atoms with van der Waals surface area (Å²) in [6.45, 7) is 1.89. The lowest BCUT2D eigenvalue weighted by Crippen LogP contribution is -2.21. The Morgan fingerprint density at radius 2 is 1.93 bits per heavy atom. The van der Waals surface area contributed by atoms with Crippen molar-refractivity contribution in [3.63, 3.8) is 0 Å². The summed E-state index contributed by atoms with van der Waals surface area (Å²) in [6, 6.07) is 14.3. The molecule has 0 saturated heterocycles. The van der Waals surface area contributed by atoms with E-state index in [9.17, 15) is 9.59 Å². The molecule has 0 spiro atoms. The molecule has 1 amide bonds. The molecular weight excluding hydrogens is 380 g/mol. The summed E-state index contributed by atoms with van der Waals surface area (Å²) >= 11 is 5.95. The van der Waals surface area contributed by atoms with E-state index in [2.05, 4.69) is 11.4 Å². The number of hydrogen-bond donors (Lipinski definition) is 1. The quantitative estimate of drug-likeness (QED) is 0.506. The van der Waals surface area contributed by atoms with Crippen LogP contribution in [0.4, 0.5) is 5.69 Å². The van der Waals surface area contributed by atoms with Crippen molar-refractivity contribution < 1.29 is 19.1 Å². The minimum Gasteiger partial charge on any atom is -0.494 e. The first-order valence-corrected chi connectivity index (χ1v) is 9.16. The fourth-order valence-corrected chi connectivity index (χ4v) is 2.44. The van der Waals surface area contributed by atoms with Crippen LogP contribution < -0.4 is 10.1 Å². The second-order valence-corrected chi connectivity index (χ2v) is 6.51. The molecule has 0 heterocycles. The van der Waals surface area contributed by atoms with Crippen molar-refractivity contribution in [2.45, 2.75) is 26.2 Å². The van der Waals surface area contributed by atoms with Crippen molar-refractivity contribution in [3.05, 3.63) is 58.6 Å². The van der Waals surface area contributed by atoms with Crippen LogP contribution in [-0.2, 0) is 20.7 Å². The first-order valence-electron chi connectivity index (χ1n) is 8.78. The van der Waals surface area contributed by atoms with Crippen molar-refractivity contribution in [2.75, 3.05) is 18.5 Å². The average molecular weight is 401 g/mol. The number of rotatable bonds is 9. The van der Waals surface area contributed by atoms with Crippen LogP contribution in [0.3, 0.4) is 0 Å². The van der Waals surface area contributed by atoms with Gasteiger partial charge in [0.2, 0.25) is 0 Å². The highest BCUT2D eigenvalue weighted by atomic mass is 35.5. The third-order valence-corrected chi connectivity index (χ3v) is 4.23. The van der Waals surface area contributed by atoms with Gasteiger partial charge in [-0.1, -0.05) is 23.7 Å². The molecule has 0 saturated carbocycles. The Morgan fingerprint density at radius 1 is 1.18 bits per heavy atom. The molecule has 2 rings (SSSR count). The van der Waals surface area contributed by atoms with Gasteiger partial charge in [-0.15, -0.1) is 0 Å². The van der Waals surface area contributed by atoms with E-state index in [0.717, 1.165) is 11.1 Å². The van der Waals surface area contributed by atoms with Gasteiger partial charge in [-0.2, -0.15) is 5.26 Å². The van der Waals surface area contributed by atoms with Crippen molar-refractivity contribution in [3.8, 4) is 11.8 Å². The zero-order valence-corrected chi connectivity index (χ0v) is 16.3. The number of aryl methyl sites for hydroxylation is 1. The molecule has 0 aliphatic rings. The van der Waals surface area contributed by atoms with Gasteiger partial charge < -0.3 is 14.8 Å². The van der Waals surface area contributed by atoms with Crippen LogP contribution in [0, 0.1) is 18.3 Å². The number of halogens is 1. The number of nitrogens with one attached hydrogen (secondary N) is 1. The lowest BCUT2D eigenvalue weighted by Gasteiger charge is -2.08. The predicted octanol–water partition coefficient (Wildman–Crippen LogP) is 4.06. The summed E-state index contributed by atoms with van der Waals surface area (Å²) < 4.78 is 10.5. The lowest BCUT2D eigenvalue weighted by molar-refractivity contribution is -0.147. The minimum atomic E-state index is -0.463. The molecule has 0 bridgehead atoms. The average Bonchev–Trinajstić information content (AvgIpc) is 2.68. The van der Waals surface area contributed by atoms with Crippen LogP contribution in [0.1, 0.15) is 24.0 Å². The molecule has 7 heteroatoms. The standard InChI is InChI=1S/C21H21ClN2O4/c1-15-13-18(8-9-19(15)22)27-12-2-3-21(26)28-14-20(25)24-17-6-4-16(5-7-17)10-11-23/h4-9,13H,2-3,10,12,14H2,1H3,(H,24,25). The molecule has 0 fully saturated rings. The van der Waals surface area contributed by atoms with Gasteiger partial charge in [-0.05, 0) is 54.8 Å². The van der Waals surface area contributed by atoms with Crippen molar-refractivity contribution in [2.24, 2.45) is 0 Å². The van der Waals surface area contributed by atoms with Gasteiger partial charge in [0.05, 0.1) is 19.1 Å². The van der Waals surface area contributed by atoms with Crippen LogP contribution in [-0.4, -0.2) is 25.1 Å². The molecule has 146 valence electrons. The fourth-order valence-electron chi connectivity index (χ4n) is 2.33. The largest absolute Gasteiger partial charge is 0.494 e. The number of nitriles is 1. The summed E-state index contributed by atoms with van der Waals surface area (Å²) in [5.74, 6) is -0.194. The van der Waals surface area contributed by atoms with E-state index < -0.39 is 11.9 Å². The van der Waals surface area contributed by atoms with Crippen molar-refractivity contribution in [1.82, 2.24) is 0 Å². The van der Waals surface area contributed by atoms with Crippen molar-refractivity contribution >= 4 is 29.2 Å². The number of carbonyl (C=O) groups is 2. The second kappa shape index (κ2) is 11.0. The number of ether oxygens (including phenoxy) is 2. The van der Waals surface area contributed by atoms with Gasteiger partial charge >= 0.3 is 5.97 Å². The van der Waals surface area contributed by atoms with E-state index in [-0.39, 0.29) is 13.0 Å². The highest BCUT2D eigenvalue weighted by molar-refractivity contribution is 6.31. The number of amides is 1. The first-order chi connectivity index (χ1) is 13.5. The normalized spacial score (nSPS) is 10.0. The molecule has 0 aromatic heterocycles. The number of hydrogen-bond acceptors (Lipinski definition) is 5. The van der Waals surface area contributed by atoms with E-state index in [1.807, 2.05) is 13.0 Å². The summed E-state index contributed by atoms with van der Waals surface area (Å²) in [5, 5.41) is 11.9. The molecule has 6 nitrogen and oxygen atoms in total. The fraction of sp³-hybridized carbons (Fsp3) is 0.286. The Balaban J connectivity index is 1.62. The van der Waals surface area contributed by atoms with Gasteiger partial charge in [0.15, 0.2) is 6.61 Å². The number of anilines is 1. The smallest absolute Gasteiger partial charge is 0.306 e. The number of benzene rings is 2. The Bertz CT molecular complexity index is 860. The van der Waals surface area contributed by atoms with Gasteiger partial charge in [0.25, 0.3) is 5.91 Å². The predicted molar refractivity (Wildman–Crippen MR) is 106 cm³/mol.